The van der Waals surface area contributed by atoms with Gasteiger partial charge in [-0.25, -0.2) is 0 Å². The largest absolute Gasteiger partial charge is 0.481 e. The minimum atomic E-state index is -0.465. The summed E-state index contributed by atoms with van der Waals surface area (Å²) in [5.41, 5.74) is 2.28. The highest BCUT2D eigenvalue weighted by molar-refractivity contribution is 5.80. The molecule has 1 atom stereocenters. The van der Waals surface area contributed by atoms with Crippen molar-refractivity contribution in [3.8, 4) is 5.75 Å². The van der Waals surface area contributed by atoms with Gasteiger partial charge in [0.15, 0.2) is 6.10 Å². The SMILES string of the molecule is CCCCNC(=O)C(C)Oc1cc(C(C)C)ccc1C. The molecule has 1 amide bonds. The molecule has 112 valence electrons. The zero-order chi connectivity index (χ0) is 15.1. The first-order valence-corrected chi connectivity index (χ1v) is 7.50. The van der Waals surface area contributed by atoms with Gasteiger partial charge in [0.25, 0.3) is 5.91 Å². The van der Waals surface area contributed by atoms with Gasteiger partial charge >= 0.3 is 0 Å². The Morgan fingerprint density at radius 2 is 2.00 bits per heavy atom. The summed E-state index contributed by atoms with van der Waals surface area (Å²) in [6.45, 7) is 10.9. The minimum Gasteiger partial charge on any atom is -0.481 e. The van der Waals surface area contributed by atoms with E-state index in [1.165, 1.54) is 5.56 Å². The molecule has 3 nitrogen and oxygen atoms in total. The molecule has 0 aliphatic rings. The van der Waals surface area contributed by atoms with Crippen LogP contribution in [0.4, 0.5) is 0 Å². The Labute approximate surface area is 122 Å². The fraction of sp³-hybridized carbons (Fsp3) is 0.588. The first kappa shape index (κ1) is 16.5. The number of carbonyl (C=O) groups excluding carboxylic acids is 1. The summed E-state index contributed by atoms with van der Waals surface area (Å²) in [7, 11) is 0. The van der Waals surface area contributed by atoms with Crippen molar-refractivity contribution in [3.63, 3.8) is 0 Å². The van der Waals surface area contributed by atoms with Crippen LogP contribution in [0.2, 0.25) is 0 Å². The van der Waals surface area contributed by atoms with Gasteiger partial charge in [-0.1, -0.05) is 39.3 Å². The molecule has 0 radical (unpaired) electrons. The Balaban J connectivity index is 2.67. The van der Waals surface area contributed by atoms with Crippen molar-refractivity contribution >= 4 is 5.91 Å². The third-order valence-electron chi connectivity index (χ3n) is 3.38. The molecular weight excluding hydrogens is 250 g/mol. The maximum Gasteiger partial charge on any atom is 0.260 e. The average molecular weight is 277 g/mol. The molecule has 0 aliphatic carbocycles. The predicted octanol–water partition coefficient (Wildman–Crippen LogP) is 3.80. The lowest BCUT2D eigenvalue weighted by Gasteiger charge is -2.17. The van der Waals surface area contributed by atoms with E-state index in [1.54, 1.807) is 6.92 Å². The first-order chi connectivity index (χ1) is 9.45. The van der Waals surface area contributed by atoms with E-state index in [9.17, 15) is 4.79 Å². The van der Waals surface area contributed by atoms with Gasteiger partial charge in [0, 0.05) is 6.54 Å². The van der Waals surface area contributed by atoms with Gasteiger partial charge in [0.2, 0.25) is 0 Å². The summed E-state index contributed by atoms with van der Waals surface area (Å²) in [5, 5.41) is 2.90. The number of benzene rings is 1. The molecule has 1 rings (SSSR count). The van der Waals surface area contributed by atoms with Gasteiger partial charge in [-0.2, -0.15) is 0 Å². The lowest BCUT2D eigenvalue weighted by molar-refractivity contribution is -0.127. The second kappa shape index (κ2) is 7.93. The van der Waals surface area contributed by atoms with E-state index in [-0.39, 0.29) is 5.91 Å². The highest BCUT2D eigenvalue weighted by Crippen LogP contribution is 2.25. The van der Waals surface area contributed by atoms with E-state index >= 15 is 0 Å². The Bertz CT molecular complexity index is 441. The van der Waals surface area contributed by atoms with Crippen molar-refractivity contribution in [1.29, 1.82) is 0 Å². The minimum absolute atomic E-state index is 0.0483. The molecule has 0 bridgehead atoms. The van der Waals surface area contributed by atoms with Gasteiger partial charge in [0.05, 0.1) is 0 Å². The third-order valence-corrected chi connectivity index (χ3v) is 3.38. The van der Waals surface area contributed by atoms with Gasteiger partial charge in [-0.3, -0.25) is 4.79 Å². The molecular formula is C17H27NO2. The fourth-order valence-corrected chi connectivity index (χ4v) is 1.88. The number of nitrogens with one attached hydrogen (secondary N) is 1. The fourth-order valence-electron chi connectivity index (χ4n) is 1.88. The highest BCUT2D eigenvalue weighted by Gasteiger charge is 2.15. The molecule has 1 aromatic rings. The van der Waals surface area contributed by atoms with E-state index in [4.69, 9.17) is 4.74 Å². The summed E-state index contributed by atoms with van der Waals surface area (Å²) >= 11 is 0. The Morgan fingerprint density at radius 1 is 1.30 bits per heavy atom. The Kier molecular flexibility index (Phi) is 6.56. The Morgan fingerprint density at radius 3 is 2.60 bits per heavy atom. The topological polar surface area (TPSA) is 38.3 Å². The van der Waals surface area contributed by atoms with Crippen LogP contribution in [-0.4, -0.2) is 18.6 Å². The smallest absolute Gasteiger partial charge is 0.260 e. The second-order valence-corrected chi connectivity index (χ2v) is 5.58. The van der Waals surface area contributed by atoms with Crippen molar-refractivity contribution in [2.45, 2.75) is 59.5 Å². The van der Waals surface area contributed by atoms with Crippen LogP contribution in [0.5, 0.6) is 5.75 Å². The molecule has 20 heavy (non-hydrogen) atoms. The quantitative estimate of drug-likeness (QED) is 0.770. The Hall–Kier alpha value is -1.51. The van der Waals surface area contributed by atoms with Gasteiger partial charge in [0.1, 0.15) is 5.75 Å². The first-order valence-electron chi connectivity index (χ1n) is 7.50. The monoisotopic (exact) mass is 277 g/mol. The zero-order valence-corrected chi connectivity index (χ0v) is 13.3. The normalized spacial score (nSPS) is 12.3. The van der Waals surface area contributed by atoms with Crippen LogP contribution in [0.25, 0.3) is 0 Å². The number of unbranched alkanes of at least 4 members (excludes halogenated alkanes) is 1. The number of carbonyl (C=O) groups is 1. The number of rotatable bonds is 7. The van der Waals surface area contributed by atoms with E-state index in [1.807, 2.05) is 19.1 Å². The summed E-state index contributed by atoms with van der Waals surface area (Å²) in [6.07, 6.45) is 1.61. The van der Waals surface area contributed by atoms with Crippen LogP contribution >= 0.6 is 0 Å². The van der Waals surface area contributed by atoms with Crippen LogP contribution < -0.4 is 10.1 Å². The molecule has 0 spiro atoms. The summed E-state index contributed by atoms with van der Waals surface area (Å²) in [5.74, 6) is 1.20. The zero-order valence-electron chi connectivity index (χ0n) is 13.3. The molecule has 1 N–H and O–H groups in total. The lowest BCUT2D eigenvalue weighted by atomic mass is 10.0. The molecule has 0 saturated carbocycles. The van der Waals surface area contributed by atoms with Gasteiger partial charge in [-0.15, -0.1) is 0 Å². The maximum absolute atomic E-state index is 11.9. The molecule has 1 aromatic carbocycles. The van der Waals surface area contributed by atoms with Crippen molar-refractivity contribution in [2.75, 3.05) is 6.54 Å². The maximum atomic E-state index is 11.9. The summed E-state index contributed by atoms with van der Waals surface area (Å²) in [4.78, 5) is 11.9. The standard InChI is InChI=1S/C17H27NO2/c1-6-7-10-18-17(19)14(5)20-16-11-15(12(2)3)9-8-13(16)4/h8-9,11-12,14H,6-7,10H2,1-5H3,(H,18,19). The summed E-state index contributed by atoms with van der Waals surface area (Å²) in [6, 6.07) is 6.20. The molecule has 0 saturated heterocycles. The number of hydrogen-bond acceptors (Lipinski definition) is 2. The number of amides is 1. The highest BCUT2D eigenvalue weighted by atomic mass is 16.5. The average Bonchev–Trinajstić information content (AvgIpc) is 2.41. The van der Waals surface area contributed by atoms with Crippen LogP contribution in [-0.2, 0) is 4.79 Å². The van der Waals surface area contributed by atoms with Crippen molar-refractivity contribution in [1.82, 2.24) is 5.32 Å². The molecule has 0 aliphatic heterocycles. The van der Waals surface area contributed by atoms with Gasteiger partial charge in [-0.05, 0) is 43.4 Å². The van der Waals surface area contributed by atoms with Crippen molar-refractivity contribution in [3.05, 3.63) is 29.3 Å². The number of hydrogen-bond donors (Lipinski definition) is 1. The van der Waals surface area contributed by atoms with Crippen LogP contribution in [0.15, 0.2) is 18.2 Å². The van der Waals surface area contributed by atoms with Crippen LogP contribution in [0, 0.1) is 6.92 Å². The third kappa shape index (κ3) is 4.87. The van der Waals surface area contributed by atoms with E-state index < -0.39 is 6.10 Å². The molecule has 0 aromatic heterocycles. The summed E-state index contributed by atoms with van der Waals surface area (Å²) < 4.78 is 5.82. The van der Waals surface area contributed by atoms with Crippen LogP contribution in [0.3, 0.4) is 0 Å². The molecule has 1 unspecified atom stereocenters. The van der Waals surface area contributed by atoms with E-state index in [0.717, 1.165) is 24.2 Å². The van der Waals surface area contributed by atoms with Crippen molar-refractivity contribution in [2.24, 2.45) is 0 Å². The molecule has 0 heterocycles. The van der Waals surface area contributed by atoms with E-state index in [0.29, 0.717) is 12.5 Å². The van der Waals surface area contributed by atoms with Gasteiger partial charge < -0.3 is 10.1 Å². The number of aryl methyl sites for hydroxylation is 1. The lowest BCUT2D eigenvalue weighted by Crippen LogP contribution is -2.36. The van der Waals surface area contributed by atoms with E-state index in [2.05, 4.69) is 32.2 Å². The molecule has 3 heteroatoms. The predicted molar refractivity (Wildman–Crippen MR) is 83.3 cm³/mol. The molecule has 0 fully saturated rings. The van der Waals surface area contributed by atoms with Crippen molar-refractivity contribution < 1.29 is 9.53 Å². The number of ether oxygens (including phenoxy) is 1. The second-order valence-electron chi connectivity index (χ2n) is 5.58. The van der Waals surface area contributed by atoms with Crippen LogP contribution in [0.1, 0.15) is 57.6 Å².